The molecule has 0 saturated carbocycles. The predicted molar refractivity (Wildman–Crippen MR) is 326 cm³/mol. The third-order valence-electron chi connectivity index (χ3n) is 13.6. The molecule has 6 rings (SSSR count). The van der Waals surface area contributed by atoms with Crippen LogP contribution < -0.4 is 21.3 Å². The SMILES string of the molecule is [CH2]CSSCCOC(=O)NCCC(=O)C1Nc2ccccc2-c2c(nnn2CCOCCOCCOCCOC(=O)CCC(C)(C#N)CC(C)(SC(=S)c2ccccc2)C(=O)NCCOC2OC(CO)C(O)C(O)C2NC(C)=O)-c2ccccc21. The van der Waals surface area contributed by atoms with Crippen molar-refractivity contribution >= 4 is 85.1 Å². The Bertz CT molecular complexity index is 2870. The molecule has 2 aliphatic heterocycles. The molecule has 2 aliphatic rings. The van der Waals surface area contributed by atoms with Crippen LogP contribution in [-0.2, 0) is 58.9 Å². The minimum Gasteiger partial charge on any atom is -0.463 e. The number of para-hydroxylation sites is 1. The summed E-state index contributed by atoms with van der Waals surface area (Å²) in [4.78, 5) is 65.0. The highest BCUT2D eigenvalue weighted by Gasteiger charge is 2.46. The zero-order chi connectivity index (χ0) is 61.2. The summed E-state index contributed by atoms with van der Waals surface area (Å²) in [6.45, 7) is 9.67. The molecule has 0 spiro atoms. The van der Waals surface area contributed by atoms with E-state index in [1.54, 1.807) is 40.1 Å². The van der Waals surface area contributed by atoms with Crippen LogP contribution in [-0.4, -0.2) is 190 Å². The number of nitrogens with zero attached hydrogens (tertiary/aromatic N) is 4. The molecule has 85 heavy (non-hydrogen) atoms. The van der Waals surface area contributed by atoms with E-state index >= 15 is 0 Å². The van der Waals surface area contributed by atoms with Crippen LogP contribution in [0.15, 0.2) is 78.9 Å². The van der Waals surface area contributed by atoms with E-state index in [9.17, 15) is 44.6 Å². The first kappa shape index (κ1) is 68.4. The van der Waals surface area contributed by atoms with Crippen molar-refractivity contribution < 1.29 is 72.5 Å². The van der Waals surface area contributed by atoms with Gasteiger partial charge in [0.2, 0.25) is 11.8 Å². The number of ether oxygens (including phenoxy) is 7. The molecule has 3 heterocycles. The largest absolute Gasteiger partial charge is 0.463 e. The van der Waals surface area contributed by atoms with Crippen molar-refractivity contribution in [1.82, 2.24) is 30.9 Å². The van der Waals surface area contributed by atoms with E-state index in [1.807, 2.05) is 78.9 Å². The zero-order valence-corrected chi connectivity index (χ0v) is 51.0. The van der Waals surface area contributed by atoms with Gasteiger partial charge in [0.05, 0.1) is 85.5 Å². The molecule has 1 aromatic heterocycles. The van der Waals surface area contributed by atoms with Crippen LogP contribution in [0.1, 0.15) is 63.6 Å². The number of fused-ring (bicyclic) bond motifs is 5. The molecule has 1 saturated heterocycles. The first-order chi connectivity index (χ1) is 41.0. The molecule has 1 fully saturated rings. The Morgan fingerprint density at radius 1 is 0.835 bits per heavy atom. The summed E-state index contributed by atoms with van der Waals surface area (Å²) in [5, 5.41) is 61.7. The Morgan fingerprint density at radius 2 is 1.52 bits per heavy atom. The number of alkyl carbamates (subject to hydrolysis) is 1. The van der Waals surface area contributed by atoms with E-state index in [0.29, 0.717) is 47.6 Å². The van der Waals surface area contributed by atoms with Crippen molar-refractivity contribution in [2.45, 2.75) is 94.4 Å². The van der Waals surface area contributed by atoms with Crippen LogP contribution in [0.25, 0.3) is 22.5 Å². The number of nitriles is 1. The molecule has 3 aromatic carbocycles. The number of Topliss-reactive ketones (excluding diaryl/α,β-unsaturated/α-hetero) is 1. The van der Waals surface area contributed by atoms with Crippen LogP contribution in [0.3, 0.4) is 0 Å². The number of carbonyl (C=O) groups excluding carboxylic acids is 5. The Labute approximate surface area is 512 Å². The number of aliphatic hydroxyl groups excluding tert-OH is 3. The number of nitrogens with one attached hydrogen (secondary N) is 4. The van der Waals surface area contributed by atoms with Gasteiger partial charge < -0.3 is 69.7 Å². The summed E-state index contributed by atoms with van der Waals surface area (Å²) in [7, 11) is 3.16. The third kappa shape index (κ3) is 20.7. The fourth-order valence-corrected chi connectivity index (χ4v) is 12.6. The number of aromatic nitrogens is 3. The van der Waals surface area contributed by atoms with Crippen molar-refractivity contribution in [3.63, 3.8) is 0 Å². The van der Waals surface area contributed by atoms with Crippen molar-refractivity contribution in [2.75, 3.05) is 96.0 Å². The lowest BCUT2D eigenvalue weighted by atomic mass is 9.78. The van der Waals surface area contributed by atoms with Crippen molar-refractivity contribution in [3.05, 3.63) is 96.9 Å². The van der Waals surface area contributed by atoms with Gasteiger partial charge in [-0.15, -0.1) is 5.10 Å². The smallest absolute Gasteiger partial charge is 0.407 e. The topological polar surface area (TPSA) is 313 Å². The van der Waals surface area contributed by atoms with E-state index in [0.717, 1.165) is 45.6 Å². The number of carbonyl (C=O) groups is 5. The molecule has 23 nitrogen and oxygen atoms in total. The van der Waals surface area contributed by atoms with E-state index < -0.39 is 77.3 Å². The van der Waals surface area contributed by atoms with Gasteiger partial charge in [-0.05, 0) is 50.8 Å². The van der Waals surface area contributed by atoms with E-state index in [1.165, 1.54) is 6.92 Å². The van der Waals surface area contributed by atoms with E-state index in [4.69, 9.17) is 45.4 Å². The van der Waals surface area contributed by atoms with Gasteiger partial charge in [0, 0.05) is 61.2 Å². The molecule has 8 atom stereocenters. The number of thiocarbonyl (C=S) groups is 1. The highest BCUT2D eigenvalue weighted by molar-refractivity contribution is 8.76. The first-order valence-corrected chi connectivity index (χ1v) is 31.5. The third-order valence-corrected chi connectivity index (χ3v) is 17.4. The molecule has 4 aromatic rings. The summed E-state index contributed by atoms with van der Waals surface area (Å²) < 4.78 is 40.1. The van der Waals surface area contributed by atoms with Crippen LogP contribution in [0.4, 0.5) is 10.5 Å². The predicted octanol–water partition coefficient (Wildman–Crippen LogP) is 5.22. The summed E-state index contributed by atoms with van der Waals surface area (Å²) in [5.74, 6) is -0.301. The lowest BCUT2D eigenvalue weighted by molar-refractivity contribution is -0.269. The van der Waals surface area contributed by atoms with E-state index in [2.05, 4.69) is 44.6 Å². The molecule has 8 unspecified atom stereocenters. The van der Waals surface area contributed by atoms with Gasteiger partial charge in [0.25, 0.3) is 0 Å². The standard InChI is InChI=1S/C58H75N8O15S4/c1-5-83-84-34-33-80-56(74)61-22-20-44(69)47-40-15-9-10-16-41(40)48-50(42-17-11-12-18-43(42)63-47)66(65-64-48)24-26-75-27-28-76-29-30-77-31-32-78-46(70)19-21-57(3,37-59)36-58(4,85-54(82)39-13-7-6-8-14-39)55(73)60-23-25-79-53-49(62-38(2)68)52(72)51(71)45(35-67)81-53/h6-18,45,47,49,51-53,63,67,71-72H,1,5,19-36H2,2-4H3,(H,60,73)(H,61,74)(H,62,68). The maximum absolute atomic E-state index is 14.1. The summed E-state index contributed by atoms with van der Waals surface area (Å²) >= 11 is 6.87. The van der Waals surface area contributed by atoms with Gasteiger partial charge in [-0.1, -0.05) is 124 Å². The highest BCUT2D eigenvalue weighted by Crippen LogP contribution is 2.44. The second-order valence-electron chi connectivity index (χ2n) is 20.1. The second-order valence-corrected chi connectivity index (χ2v) is 25.0. The molecular weight excluding hydrogens is 1180 g/mol. The molecule has 7 N–H and O–H groups in total. The van der Waals surface area contributed by atoms with Gasteiger partial charge in [-0.3, -0.25) is 19.2 Å². The lowest BCUT2D eigenvalue weighted by Gasteiger charge is -2.42. The van der Waals surface area contributed by atoms with Gasteiger partial charge in [0.1, 0.15) is 49.3 Å². The lowest BCUT2D eigenvalue weighted by Crippen LogP contribution is -2.64. The fourth-order valence-electron chi connectivity index (χ4n) is 9.38. The Morgan fingerprint density at radius 3 is 2.22 bits per heavy atom. The van der Waals surface area contributed by atoms with Crippen molar-refractivity contribution in [2.24, 2.45) is 5.41 Å². The summed E-state index contributed by atoms with van der Waals surface area (Å²) in [6, 6.07) is 24.7. The number of benzene rings is 3. The number of thioether (sulfide) groups is 1. The Balaban J connectivity index is 0.899. The first-order valence-electron chi connectivity index (χ1n) is 27.7. The number of ketones is 1. The van der Waals surface area contributed by atoms with Gasteiger partial charge in [-0.2, -0.15) is 5.26 Å². The number of amides is 3. The maximum Gasteiger partial charge on any atom is 0.407 e. The molecule has 27 heteroatoms. The van der Waals surface area contributed by atoms with Crippen molar-refractivity contribution in [3.8, 4) is 28.6 Å². The van der Waals surface area contributed by atoms with Gasteiger partial charge >= 0.3 is 12.1 Å². The Kier molecular flexibility index (Phi) is 28.3. The van der Waals surface area contributed by atoms with Gasteiger partial charge in [0.15, 0.2) is 12.1 Å². The maximum atomic E-state index is 14.1. The number of esters is 1. The minimum absolute atomic E-state index is 0.0143. The average molecular weight is 1250 g/mol. The van der Waals surface area contributed by atoms with Crippen LogP contribution in [0.5, 0.6) is 0 Å². The summed E-state index contributed by atoms with van der Waals surface area (Å²) in [5.41, 5.74) is 3.91. The van der Waals surface area contributed by atoms with Crippen LogP contribution >= 0.6 is 45.6 Å². The normalized spacial score (nSPS) is 19.3. The molecule has 3 amide bonds. The number of aliphatic hydroxyl groups is 3. The molecule has 0 aliphatic carbocycles. The molecular formula is C58H75N8O15S4. The quantitative estimate of drug-likeness (QED) is 0.0134. The molecule has 461 valence electrons. The average Bonchev–Trinajstić information content (AvgIpc) is 2.45. The van der Waals surface area contributed by atoms with Crippen LogP contribution in [0.2, 0.25) is 0 Å². The molecule has 0 bridgehead atoms. The number of anilines is 1. The fraction of sp³-hybridized carbons (Fsp3) is 0.517. The van der Waals surface area contributed by atoms with Gasteiger partial charge in [-0.25, -0.2) is 9.48 Å². The highest BCUT2D eigenvalue weighted by atomic mass is 33.1. The number of hydrogen-bond donors (Lipinski definition) is 7. The molecule has 1 radical (unpaired) electrons. The van der Waals surface area contributed by atoms with Crippen LogP contribution in [0, 0.1) is 23.7 Å². The number of rotatable bonds is 35. The van der Waals surface area contributed by atoms with Crippen molar-refractivity contribution in [1.29, 1.82) is 5.26 Å². The minimum atomic E-state index is -1.51. The zero-order valence-electron chi connectivity index (χ0n) is 47.8. The monoisotopic (exact) mass is 1250 g/mol. The van der Waals surface area contributed by atoms with E-state index in [-0.39, 0.29) is 84.2 Å². The number of hydrogen-bond acceptors (Lipinski definition) is 23. The second kappa shape index (κ2) is 35.2. The summed E-state index contributed by atoms with van der Waals surface area (Å²) in [6.07, 6.45) is -6.02. The Hall–Kier alpha value is -5.74.